The van der Waals surface area contributed by atoms with Crippen molar-refractivity contribution in [2.45, 2.75) is 51.5 Å². The molecule has 2 heterocycles. The van der Waals surface area contributed by atoms with Gasteiger partial charge in [0.1, 0.15) is 17.3 Å². The number of carbonyl (C=O) groups excluding carboxylic acids is 1. The van der Waals surface area contributed by atoms with Gasteiger partial charge in [-0.3, -0.25) is 4.79 Å². The number of nitrogens with zero attached hydrogens (tertiary/aromatic N) is 2. The summed E-state index contributed by atoms with van der Waals surface area (Å²) in [6, 6.07) is 11.0. The predicted molar refractivity (Wildman–Crippen MR) is 131 cm³/mol. The van der Waals surface area contributed by atoms with Crippen LogP contribution in [0.1, 0.15) is 44.6 Å². The Morgan fingerprint density at radius 2 is 1.97 bits per heavy atom. The first-order chi connectivity index (χ1) is 16.6. The number of carbonyl (C=O) groups is 1. The molecule has 0 aromatic heterocycles. The second-order valence-electron chi connectivity index (χ2n) is 9.08. The maximum Gasteiger partial charge on any atom is 0.161 e. The molecule has 2 aliphatic heterocycles. The van der Waals surface area contributed by atoms with E-state index in [2.05, 4.69) is 9.80 Å². The van der Waals surface area contributed by atoms with Crippen molar-refractivity contribution in [3.63, 3.8) is 0 Å². The van der Waals surface area contributed by atoms with Gasteiger partial charge in [-0.25, -0.2) is 4.39 Å². The van der Waals surface area contributed by atoms with Gasteiger partial charge in [0.25, 0.3) is 0 Å². The first-order valence-corrected chi connectivity index (χ1v) is 12.3. The Bertz CT molecular complexity index is 975. The standard InChI is InChI=1S/C27H35FN2O4/c1-3-5-23(31)16-20-6-9-25(27(17-20)32-2)33-15-4-12-29-13-10-22(11-14-29)30-19-34-26-18-21(28)7-8-24(26)30/h6-9,17-18,22H,3-5,10-16,19H2,1-2H3. The number of likely N-dealkylation sites (tertiary alicyclic amines) is 1. The smallest absolute Gasteiger partial charge is 0.161 e. The molecule has 7 heteroatoms. The Hall–Kier alpha value is -2.80. The monoisotopic (exact) mass is 470 g/mol. The van der Waals surface area contributed by atoms with Crippen molar-refractivity contribution in [3.05, 3.63) is 47.8 Å². The van der Waals surface area contributed by atoms with Crippen molar-refractivity contribution in [3.8, 4) is 17.2 Å². The third kappa shape index (κ3) is 6.00. The van der Waals surface area contributed by atoms with Crippen LogP contribution in [0.15, 0.2) is 36.4 Å². The van der Waals surface area contributed by atoms with E-state index in [1.807, 2.05) is 31.2 Å². The van der Waals surface area contributed by atoms with E-state index in [-0.39, 0.29) is 11.6 Å². The third-order valence-electron chi connectivity index (χ3n) is 6.62. The summed E-state index contributed by atoms with van der Waals surface area (Å²) in [7, 11) is 1.63. The molecular weight excluding hydrogens is 435 g/mol. The SMILES string of the molecule is CCCC(=O)Cc1ccc(OCCCN2CCC(N3COc4cc(F)ccc43)CC2)c(OC)c1. The Kier molecular flexibility index (Phi) is 8.27. The van der Waals surface area contributed by atoms with Gasteiger partial charge in [-0.1, -0.05) is 13.0 Å². The van der Waals surface area contributed by atoms with Crippen LogP contribution in [0.3, 0.4) is 0 Å². The van der Waals surface area contributed by atoms with E-state index >= 15 is 0 Å². The van der Waals surface area contributed by atoms with Crippen LogP contribution in [0, 0.1) is 5.82 Å². The number of Topliss-reactive ketones (excluding diaryl/α,β-unsaturated/α-hetero) is 1. The molecule has 2 aliphatic rings. The number of methoxy groups -OCH3 is 1. The lowest BCUT2D eigenvalue weighted by atomic mass is 10.0. The summed E-state index contributed by atoms with van der Waals surface area (Å²) >= 11 is 0. The molecule has 0 radical (unpaired) electrons. The molecule has 34 heavy (non-hydrogen) atoms. The lowest BCUT2D eigenvalue weighted by Gasteiger charge is -2.36. The van der Waals surface area contributed by atoms with Gasteiger partial charge in [0.05, 0.1) is 19.4 Å². The van der Waals surface area contributed by atoms with E-state index in [9.17, 15) is 9.18 Å². The number of rotatable bonds is 11. The van der Waals surface area contributed by atoms with E-state index < -0.39 is 0 Å². The molecule has 1 saturated heterocycles. The van der Waals surface area contributed by atoms with Gasteiger partial charge < -0.3 is 24.0 Å². The highest BCUT2D eigenvalue weighted by molar-refractivity contribution is 5.81. The van der Waals surface area contributed by atoms with Crippen LogP contribution in [0.5, 0.6) is 17.2 Å². The number of fused-ring (bicyclic) bond motifs is 1. The molecule has 0 N–H and O–H groups in total. The Labute approximate surface area is 201 Å². The molecule has 2 aromatic rings. The van der Waals surface area contributed by atoms with Gasteiger partial charge in [-0.2, -0.15) is 0 Å². The number of piperidine rings is 1. The van der Waals surface area contributed by atoms with E-state index in [0.717, 1.165) is 62.3 Å². The van der Waals surface area contributed by atoms with Crippen LogP contribution >= 0.6 is 0 Å². The van der Waals surface area contributed by atoms with Crippen molar-refractivity contribution in [1.82, 2.24) is 4.90 Å². The van der Waals surface area contributed by atoms with Crippen molar-refractivity contribution in [2.24, 2.45) is 0 Å². The minimum atomic E-state index is -0.256. The Morgan fingerprint density at radius 1 is 1.15 bits per heavy atom. The fraction of sp³-hybridized carbons (Fsp3) is 0.519. The molecule has 0 unspecified atom stereocenters. The zero-order valence-corrected chi connectivity index (χ0v) is 20.2. The van der Waals surface area contributed by atoms with Crippen molar-refractivity contribution >= 4 is 11.5 Å². The van der Waals surface area contributed by atoms with E-state index in [1.54, 1.807) is 7.11 Å². The lowest BCUT2D eigenvalue weighted by molar-refractivity contribution is -0.118. The zero-order valence-electron chi connectivity index (χ0n) is 20.2. The molecule has 0 saturated carbocycles. The van der Waals surface area contributed by atoms with Gasteiger partial charge in [0.2, 0.25) is 0 Å². The molecule has 0 atom stereocenters. The van der Waals surface area contributed by atoms with E-state index in [0.29, 0.717) is 43.7 Å². The molecule has 184 valence electrons. The summed E-state index contributed by atoms with van der Waals surface area (Å²) < 4.78 is 30.6. The van der Waals surface area contributed by atoms with Gasteiger partial charge >= 0.3 is 0 Å². The Morgan fingerprint density at radius 3 is 2.74 bits per heavy atom. The number of hydrogen-bond donors (Lipinski definition) is 0. The molecule has 0 amide bonds. The number of ketones is 1. The minimum absolute atomic E-state index is 0.248. The summed E-state index contributed by atoms with van der Waals surface area (Å²) in [6.07, 6.45) is 4.97. The molecule has 4 rings (SSSR count). The quantitative estimate of drug-likeness (QED) is 0.438. The number of hydrogen-bond acceptors (Lipinski definition) is 6. The van der Waals surface area contributed by atoms with Gasteiger partial charge in [-0.05, 0) is 55.5 Å². The number of benzene rings is 2. The molecule has 0 bridgehead atoms. The number of anilines is 1. The fourth-order valence-corrected chi connectivity index (χ4v) is 4.81. The van der Waals surface area contributed by atoms with Gasteiger partial charge in [-0.15, -0.1) is 0 Å². The largest absolute Gasteiger partial charge is 0.493 e. The maximum absolute atomic E-state index is 13.4. The second-order valence-corrected chi connectivity index (χ2v) is 9.08. The van der Waals surface area contributed by atoms with Crippen LogP contribution in [0.2, 0.25) is 0 Å². The van der Waals surface area contributed by atoms with E-state index in [1.165, 1.54) is 12.1 Å². The molecule has 1 fully saturated rings. The fourth-order valence-electron chi connectivity index (χ4n) is 4.81. The van der Waals surface area contributed by atoms with Crippen LogP contribution < -0.4 is 19.1 Å². The molecule has 0 aliphatic carbocycles. The third-order valence-corrected chi connectivity index (χ3v) is 6.62. The minimum Gasteiger partial charge on any atom is -0.493 e. The average molecular weight is 471 g/mol. The normalized spacial score (nSPS) is 16.3. The van der Waals surface area contributed by atoms with Gasteiger partial charge in [0, 0.05) is 44.6 Å². The lowest BCUT2D eigenvalue weighted by Crippen LogP contribution is -2.45. The summed E-state index contributed by atoms with van der Waals surface area (Å²) in [5, 5.41) is 0. The summed E-state index contributed by atoms with van der Waals surface area (Å²) in [5.41, 5.74) is 1.96. The highest BCUT2D eigenvalue weighted by atomic mass is 19.1. The van der Waals surface area contributed by atoms with Gasteiger partial charge in [0.15, 0.2) is 18.2 Å². The van der Waals surface area contributed by atoms with Crippen molar-refractivity contribution < 1.29 is 23.4 Å². The van der Waals surface area contributed by atoms with Crippen LogP contribution in [0.4, 0.5) is 10.1 Å². The predicted octanol–water partition coefficient (Wildman–Crippen LogP) is 4.84. The second kappa shape index (κ2) is 11.6. The summed E-state index contributed by atoms with van der Waals surface area (Å²) in [6.45, 7) is 6.18. The van der Waals surface area contributed by atoms with Crippen molar-refractivity contribution in [2.75, 3.05) is 45.0 Å². The summed E-state index contributed by atoms with van der Waals surface area (Å²) in [5.74, 6) is 2.04. The number of ether oxygens (including phenoxy) is 3. The van der Waals surface area contributed by atoms with Crippen molar-refractivity contribution in [1.29, 1.82) is 0 Å². The molecular formula is C27H35FN2O4. The molecule has 0 spiro atoms. The molecule has 6 nitrogen and oxygen atoms in total. The zero-order chi connectivity index (χ0) is 23.9. The average Bonchev–Trinajstić information content (AvgIpc) is 3.26. The topological polar surface area (TPSA) is 51.2 Å². The van der Waals surface area contributed by atoms with E-state index in [4.69, 9.17) is 14.2 Å². The number of halogens is 1. The summed E-state index contributed by atoms with van der Waals surface area (Å²) in [4.78, 5) is 16.7. The first kappa shape index (κ1) is 24.3. The van der Waals surface area contributed by atoms with Crippen LogP contribution in [0.25, 0.3) is 0 Å². The van der Waals surface area contributed by atoms with Crippen LogP contribution in [-0.2, 0) is 11.2 Å². The first-order valence-electron chi connectivity index (χ1n) is 12.3. The Balaban J connectivity index is 1.19. The van der Waals surface area contributed by atoms with Crippen LogP contribution in [-0.4, -0.2) is 56.8 Å². The highest BCUT2D eigenvalue weighted by Crippen LogP contribution is 2.37. The molecule has 2 aromatic carbocycles. The highest BCUT2D eigenvalue weighted by Gasteiger charge is 2.30. The maximum atomic E-state index is 13.4.